The lowest BCUT2D eigenvalue weighted by molar-refractivity contribution is 0.0276. The van der Waals surface area contributed by atoms with E-state index >= 15 is 0 Å². The second-order valence-electron chi connectivity index (χ2n) is 7.34. The van der Waals surface area contributed by atoms with Gasteiger partial charge in [-0.1, -0.05) is 25.7 Å². The molecule has 136 valence electrons. The maximum absolute atomic E-state index is 12.1. The van der Waals surface area contributed by atoms with Crippen LogP contribution in [-0.2, 0) is 13.5 Å². The molecule has 6 nitrogen and oxygen atoms in total. The Bertz CT molecular complexity index is 560. The molecule has 24 heavy (non-hydrogen) atoms. The lowest BCUT2D eigenvalue weighted by Gasteiger charge is -2.27. The molecule has 1 fully saturated rings. The molecule has 0 bridgehead atoms. The van der Waals surface area contributed by atoms with Crippen LogP contribution >= 0.6 is 0 Å². The Labute approximate surface area is 145 Å². The van der Waals surface area contributed by atoms with E-state index in [9.17, 15) is 9.90 Å². The van der Waals surface area contributed by atoms with Crippen LogP contribution in [0.3, 0.4) is 0 Å². The van der Waals surface area contributed by atoms with Gasteiger partial charge in [0.2, 0.25) is 0 Å². The van der Waals surface area contributed by atoms with Gasteiger partial charge in [0.25, 0.3) is 0 Å². The maximum Gasteiger partial charge on any atom is 0.315 e. The molecule has 0 spiro atoms. The molecule has 1 saturated carbocycles. The number of aryl methyl sites for hydroxylation is 2. The van der Waals surface area contributed by atoms with Gasteiger partial charge in [0.05, 0.1) is 11.3 Å². The van der Waals surface area contributed by atoms with Crippen molar-refractivity contribution in [3.8, 4) is 0 Å². The maximum atomic E-state index is 12.1. The molecular weight excluding hydrogens is 304 g/mol. The summed E-state index contributed by atoms with van der Waals surface area (Å²) >= 11 is 0. The van der Waals surface area contributed by atoms with Crippen molar-refractivity contribution in [2.45, 2.75) is 77.4 Å². The van der Waals surface area contributed by atoms with Gasteiger partial charge in [-0.25, -0.2) is 4.79 Å². The van der Waals surface area contributed by atoms with E-state index in [0.29, 0.717) is 6.54 Å². The van der Waals surface area contributed by atoms with Crippen molar-refractivity contribution < 1.29 is 9.90 Å². The number of aromatic nitrogens is 2. The number of nitrogens with one attached hydrogen (secondary N) is 2. The fourth-order valence-electron chi connectivity index (χ4n) is 3.55. The van der Waals surface area contributed by atoms with Crippen LogP contribution in [0.5, 0.6) is 0 Å². The largest absolute Gasteiger partial charge is 0.388 e. The Morgan fingerprint density at radius 1 is 1.29 bits per heavy atom. The Hall–Kier alpha value is -1.56. The van der Waals surface area contributed by atoms with Crippen molar-refractivity contribution >= 4 is 6.03 Å². The lowest BCUT2D eigenvalue weighted by atomic mass is 9.94. The highest BCUT2D eigenvalue weighted by atomic mass is 16.3. The third-order valence-electron chi connectivity index (χ3n) is 5.16. The zero-order chi connectivity index (χ0) is 17.7. The molecule has 2 amide bonds. The van der Waals surface area contributed by atoms with Gasteiger partial charge in [-0.3, -0.25) is 4.68 Å². The highest BCUT2D eigenvalue weighted by Gasteiger charge is 2.28. The van der Waals surface area contributed by atoms with Gasteiger partial charge >= 0.3 is 6.03 Å². The van der Waals surface area contributed by atoms with E-state index in [1.807, 2.05) is 32.5 Å². The SMILES string of the molecule is Cc1nn(C)c(C)c1CC(C)NC(=O)NCC1(O)CCCCCC1. The normalized spacial score (nSPS) is 18.7. The molecule has 1 unspecified atom stereocenters. The number of carbonyl (C=O) groups is 1. The predicted octanol–water partition coefficient (Wildman–Crippen LogP) is 2.35. The molecule has 0 radical (unpaired) electrons. The Morgan fingerprint density at radius 3 is 2.46 bits per heavy atom. The van der Waals surface area contributed by atoms with E-state index in [4.69, 9.17) is 0 Å². The molecule has 1 aliphatic rings. The summed E-state index contributed by atoms with van der Waals surface area (Å²) in [6, 6.07) is -0.199. The van der Waals surface area contributed by atoms with Gasteiger partial charge in [0.1, 0.15) is 0 Å². The van der Waals surface area contributed by atoms with Crippen molar-refractivity contribution in [3.05, 3.63) is 17.0 Å². The number of rotatable bonds is 5. The van der Waals surface area contributed by atoms with Crippen molar-refractivity contribution in [2.75, 3.05) is 6.54 Å². The first kappa shape index (κ1) is 18.8. The summed E-state index contributed by atoms with van der Waals surface area (Å²) in [5.41, 5.74) is 2.59. The van der Waals surface area contributed by atoms with Crippen LogP contribution in [-0.4, -0.2) is 39.1 Å². The Balaban J connectivity index is 1.81. The molecule has 3 N–H and O–H groups in total. The summed E-state index contributed by atoms with van der Waals surface area (Å²) in [4.78, 5) is 12.1. The summed E-state index contributed by atoms with van der Waals surface area (Å²) < 4.78 is 1.87. The van der Waals surface area contributed by atoms with Crippen molar-refractivity contribution in [1.82, 2.24) is 20.4 Å². The quantitative estimate of drug-likeness (QED) is 0.722. The van der Waals surface area contributed by atoms with Gasteiger partial charge in [-0.2, -0.15) is 5.10 Å². The first-order chi connectivity index (χ1) is 11.3. The minimum atomic E-state index is -0.742. The fraction of sp³-hybridized carbons (Fsp3) is 0.778. The van der Waals surface area contributed by atoms with E-state index < -0.39 is 5.60 Å². The van der Waals surface area contributed by atoms with Crippen molar-refractivity contribution in [1.29, 1.82) is 0 Å². The molecule has 1 aromatic heterocycles. The summed E-state index contributed by atoms with van der Waals surface area (Å²) in [5.74, 6) is 0. The minimum Gasteiger partial charge on any atom is -0.388 e. The molecule has 0 aliphatic heterocycles. The average molecular weight is 336 g/mol. The van der Waals surface area contributed by atoms with E-state index in [2.05, 4.69) is 15.7 Å². The molecule has 1 aliphatic carbocycles. The summed E-state index contributed by atoms with van der Waals surface area (Å²) in [6.45, 7) is 6.36. The molecule has 6 heteroatoms. The fourth-order valence-corrected chi connectivity index (χ4v) is 3.55. The van der Waals surface area contributed by atoms with E-state index in [1.165, 1.54) is 18.4 Å². The highest BCUT2D eigenvalue weighted by molar-refractivity contribution is 5.74. The van der Waals surface area contributed by atoms with Crippen LogP contribution in [0.1, 0.15) is 62.4 Å². The molecule has 1 aromatic rings. The zero-order valence-corrected chi connectivity index (χ0v) is 15.5. The molecule has 0 saturated heterocycles. The monoisotopic (exact) mass is 336 g/mol. The van der Waals surface area contributed by atoms with Gasteiger partial charge < -0.3 is 15.7 Å². The Kier molecular flexibility index (Phi) is 6.27. The van der Waals surface area contributed by atoms with Gasteiger partial charge in [-0.05, 0) is 45.6 Å². The number of hydrogen-bond acceptors (Lipinski definition) is 3. The number of urea groups is 1. The Morgan fingerprint density at radius 2 is 1.92 bits per heavy atom. The van der Waals surface area contributed by atoms with Crippen LogP contribution in [0.4, 0.5) is 4.79 Å². The molecule has 1 atom stereocenters. The van der Waals surface area contributed by atoms with Crippen LogP contribution in [0.2, 0.25) is 0 Å². The van der Waals surface area contributed by atoms with Crippen LogP contribution < -0.4 is 10.6 Å². The second kappa shape index (κ2) is 8.01. The van der Waals surface area contributed by atoms with Crippen LogP contribution in [0.25, 0.3) is 0 Å². The molecular formula is C18H32N4O2. The van der Waals surface area contributed by atoms with E-state index in [0.717, 1.165) is 43.5 Å². The zero-order valence-electron chi connectivity index (χ0n) is 15.5. The van der Waals surface area contributed by atoms with Gasteiger partial charge in [-0.15, -0.1) is 0 Å². The number of aliphatic hydroxyl groups is 1. The molecule has 0 aromatic carbocycles. The third kappa shape index (κ3) is 4.97. The standard InChI is InChI=1S/C18H32N4O2/c1-13(11-16-14(2)21-22(4)15(16)3)20-17(23)19-12-18(24)9-7-5-6-8-10-18/h13,24H,5-12H2,1-4H3,(H2,19,20,23). The second-order valence-corrected chi connectivity index (χ2v) is 7.34. The van der Waals surface area contributed by atoms with Crippen LogP contribution in [0.15, 0.2) is 0 Å². The third-order valence-corrected chi connectivity index (χ3v) is 5.16. The van der Waals surface area contributed by atoms with E-state index in [-0.39, 0.29) is 12.1 Å². The number of amides is 2. The first-order valence-corrected chi connectivity index (χ1v) is 9.06. The topological polar surface area (TPSA) is 79.2 Å². The highest BCUT2D eigenvalue weighted by Crippen LogP contribution is 2.26. The molecule has 1 heterocycles. The lowest BCUT2D eigenvalue weighted by Crippen LogP contribution is -2.48. The van der Waals surface area contributed by atoms with Gasteiger partial charge in [0, 0.05) is 25.3 Å². The van der Waals surface area contributed by atoms with Crippen molar-refractivity contribution in [2.24, 2.45) is 7.05 Å². The minimum absolute atomic E-state index is 0.00961. The van der Waals surface area contributed by atoms with Crippen molar-refractivity contribution in [3.63, 3.8) is 0 Å². The number of nitrogens with zero attached hydrogens (tertiary/aromatic N) is 2. The average Bonchev–Trinajstić information content (AvgIpc) is 2.70. The molecule has 2 rings (SSSR count). The smallest absolute Gasteiger partial charge is 0.315 e. The summed E-state index contributed by atoms with van der Waals surface area (Å²) in [6.07, 6.45) is 6.73. The van der Waals surface area contributed by atoms with E-state index in [1.54, 1.807) is 0 Å². The first-order valence-electron chi connectivity index (χ1n) is 9.06. The van der Waals surface area contributed by atoms with Crippen LogP contribution in [0, 0.1) is 13.8 Å². The summed E-state index contributed by atoms with van der Waals surface area (Å²) in [5, 5.41) is 20.8. The van der Waals surface area contributed by atoms with Gasteiger partial charge in [0.15, 0.2) is 0 Å². The summed E-state index contributed by atoms with van der Waals surface area (Å²) in [7, 11) is 1.93. The number of hydrogen-bond donors (Lipinski definition) is 3. The predicted molar refractivity (Wildman–Crippen MR) is 95.0 cm³/mol. The number of carbonyl (C=O) groups excluding carboxylic acids is 1.